The van der Waals surface area contributed by atoms with Gasteiger partial charge in [0.15, 0.2) is 0 Å². The van der Waals surface area contributed by atoms with Crippen molar-refractivity contribution in [2.45, 2.75) is 20.0 Å². The van der Waals surface area contributed by atoms with Crippen LogP contribution in [-0.2, 0) is 6.61 Å². The molecule has 2 rings (SSSR count). The molecular weight excluding hydrogens is 477 g/mol. The van der Waals surface area contributed by atoms with Crippen LogP contribution in [0.1, 0.15) is 27.9 Å². The Hall–Kier alpha value is -2.51. The molecule has 0 aliphatic carbocycles. The van der Waals surface area contributed by atoms with Crippen molar-refractivity contribution in [3.63, 3.8) is 0 Å². The van der Waals surface area contributed by atoms with Gasteiger partial charge in [0.1, 0.15) is 23.0 Å². The first-order valence-electron chi connectivity index (χ1n) is 10.1. The van der Waals surface area contributed by atoms with E-state index in [1.54, 1.807) is 6.92 Å². The minimum Gasteiger partial charge on any atom is -0.471 e. The van der Waals surface area contributed by atoms with Gasteiger partial charge in [-0.2, -0.15) is 4.37 Å². The van der Waals surface area contributed by atoms with Crippen LogP contribution < -0.4 is 21.1 Å². The lowest BCUT2D eigenvalue weighted by Crippen LogP contribution is -2.35. The number of nitrogens with zero attached hydrogens (tertiary/aromatic N) is 2. The van der Waals surface area contributed by atoms with Crippen molar-refractivity contribution in [2.24, 2.45) is 5.73 Å². The molecule has 0 fully saturated rings. The molecule has 1 heterocycles. The summed E-state index contributed by atoms with van der Waals surface area (Å²) in [6.07, 6.45) is 0.581. The SMILES string of the molecule is Cc1cc(F)c(COc2nsc(NC(=O)NCCCN(CCO)CCO)c2C(N)=O)cc1Cl. The monoisotopic (exact) mass is 503 g/mol. The number of primary amides is 1. The molecule has 6 N–H and O–H groups in total. The van der Waals surface area contributed by atoms with Crippen LogP contribution in [-0.4, -0.2) is 70.8 Å². The molecule has 0 saturated carbocycles. The van der Waals surface area contributed by atoms with Crippen LogP contribution in [0.3, 0.4) is 0 Å². The summed E-state index contributed by atoms with van der Waals surface area (Å²) < 4.78 is 23.6. The molecule has 0 aliphatic heterocycles. The molecule has 0 atom stereocenters. The lowest BCUT2D eigenvalue weighted by atomic mass is 10.1. The number of anilines is 1. The summed E-state index contributed by atoms with van der Waals surface area (Å²) in [5.74, 6) is -1.50. The van der Waals surface area contributed by atoms with E-state index >= 15 is 0 Å². The number of ether oxygens (including phenoxy) is 1. The van der Waals surface area contributed by atoms with E-state index in [9.17, 15) is 14.0 Å². The van der Waals surface area contributed by atoms with Crippen molar-refractivity contribution in [1.82, 2.24) is 14.6 Å². The first kappa shape index (κ1) is 26.7. The Morgan fingerprint density at radius 3 is 2.61 bits per heavy atom. The maximum absolute atomic E-state index is 14.1. The van der Waals surface area contributed by atoms with E-state index in [-0.39, 0.29) is 41.8 Å². The van der Waals surface area contributed by atoms with Crippen LogP contribution >= 0.6 is 23.1 Å². The number of carbonyl (C=O) groups is 2. The van der Waals surface area contributed by atoms with Gasteiger partial charge in [0.2, 0.25) is 5.88 Å². The van der Waals surface area contributed by atoms with Crippen molar-refractivity contribution < 1.29 is 28.9 Å². The van der Waals surface area contributed by atoms with Crippen molar-refractivity contribution >= 4 is 40.1 Å². The predicted octanol–water partition coefficient (Wildman–Crippen LogP) is 1.72. The highest BCUT2D eigenvalue weighted by Gasteiger charge is 2.22. The average molecular weight is 504 g/mol. The molecule has 33 heavy (non-hydrogen) atoms. The third-order valence-electron chi connectivity index (χ3n) is 4.60. The summed E-state index contributed by atoms with van der Waals surface area (Å²) in [4.78, 5) is 26.0. The van der Waals surface area contributed by atoms with Crippen LogP contribution in [0.5, 0.6) is 5.88 Å². The van der Waals surface area contributed by atoms with Crippen LogP contribution in [0.25, 0.3) is 0 Å². The molecule has 0 aliphatic rings. The van der Waals surface area contributed by atoms with Gasteiger partial charge in [-0.3, -0.25) is 15.0 Å². The topological polar surface area (TPSA) is 150 Å². The number of aromatic nitrogens is 1. The van der Waals surface area contributed by atoms with E-state index in [0.29, 0.717) is 43.2 Å². The Balaban J connectivity index is 1.94. The van der Waals surface area contributed by atoms with Crippen LogP contribution in [0, 0.1) is 12.7 Å². The number of halogens is 2. The molecule has 0 saturated heterocycles. The Kier molecular flexibility index (Phi) is 10.7. The number of rotatable bonds is 13. The molecule has 3 amide bonds. The zero-order valence-electron chi connectivity index (χ0n) is 18.1. The van der Waals surface area contributed by atoms with Crippen molar-refractivity contribution in [1.29, 1.82) is 0 Å². The maximum Gasteiger partial charge on any atom is 0.319 e. The number of benzene rings is 1. The summed E-state index contributed by atoms with van der Waals surface area (Å²) in [5.41, 5.74) is 6.06. The van der Waals surface area contributed by atoms with Gasteiger partial charge < -0.3 is 26.0 Å². The number of urea groups is 1. The summed E-state index contributed by atoms with van der Waals surface area (Å²) in [6.45, 7) is 3.14. The second kappa shape index (κ2) is 13.3. The van der Waals surface area contributed by atoms with Gasteiger partial charge in [-0.1, -0.05) is 11.6 Å². The van der Waals surface area contributed by atoms with E-state index in [1.165, 1.54) is 12.1 Å². The number of amides is 3. The molecule has 10 nitrogen and oxygen atoms in total. The third kappa shape index (κ3) is 8.09. The Bertz CT molecular complexity index is 955. The lowest BCUT2D eigenvalue weighted by Gasteiger charge is -2.19. The standard InChI is InChI=1S/C20H27ClFN5O5S/c1-12-9-15(22)13(10-14(12)21)11-32-18-16(17(23)30)19(33-26-18)25-20(31)24-3-2-4-27(5-7-28)6-8-29/h9-10,28-29H,2-8,11H2,1H3,(H2,23,30)(H2,24,25,31). The van der Waals surface area contributed by atoms with Gasteiger partial charge in [0.25, 0.3) is 5.91 Å². The van der Waals surface area contributed by atoms with Crippen LogP contribution in [0.15, 0.2) is 12.1 Å². The summed E-state index contributed by atoms with van der Waals surface area (Å²) >= 11 is 6.83. The highest BCUT2D eigenvalue weighted by Crippen LogP contribution is 2.31. The lowest BCUT2D eigenvalue weighted by molar-refractivity contribution is 0.0996. The molecule has 0 radical (unpaired) electrons. The van der Waals surface area contributed by atoms with E-state index < -0.39 is 17.8 Å². The van der Waals surface area contributed by atoms with E-state index in [4.69, 9.17) is 32.3 Å². The number of aliphatic hydroxyl groups is 2. The zero-order valence-corrected chi connectivity index (χ0v) is 19.6. The van der Waals surface area contributed by atoms with Crippen LogP contribution in [0.2, 0.25) is 5.02 Å². The number of aryl methyl sites for hydroxylation is 1. The maximum atomic E-state index is 14.1. The molecule has 13 heteroatoms. The number of carbonyl (C=O) groups excluding carboxylic acids is 2. The fraction of sp³-hybridized carbons (Fsp3) is 0.450. The number of nitrogens with one attached hydrogen (secondary N) is 2. The summed E-state index contributed by atoms with van der Waals surface area (Å²) in [5, 5.41) is 23.6. The highest BCUT2D eigenvalue weighted by molar-refractivity contribution is 7.11. The number of aliphatic hydroxyl groups excluding tert-OH is 2. The number of nitrogens with two attached hydrogens (primary N) is 1. The molecule has 182 valence electrons. The predicted molar refractivity (Wildman–Crippen MR) is 123 cm³/mol. The zero-order chi connectivity index (χ0) is 24.4. The fourth-order valence-corrected chi connectivity index (χ4v) is 3.81. The second-order valence-corrected chi connectivity index (χ2v) is 8.24. The first-order valence-corrected chi connectivity index (χ1v) is 11.3. The average Bonchev–Trinajstić information content (AvgIpc) is 3.15. The molecule has 0 bridgehead atoms. The minimum absolute atomic E-state index is 0.0246. The van der Waals surface area contributed by atoms with Gasteiger partial charge in [0, 0.05) is 30.2 Å². The Labute approximate surface area is 199 Å². The molecule has 1 aromatic carbocycles. The largest absolute Gasteiger partial charge is 0.471 e. The summed E-state index contributed by atoms with van der Waals surface area (Å²) in [7, 11) is 0. The van der Waals surface area contributed by atoms with Crippen LogP contribution in [0.4, 0.5) is 14.2 Å². The molecule has 2 aromatic rings. The third-order valence-corrected chi connectivity index (χ3v) is 5.75. The first-order chi connectivity index (χ1) is 15.8. The molecule has 1 aromatic heterocycles. The molecule has 0 unspecified atom stereocenters. The Morgan fingerprint density at radius 1 is 1.27 bits per heavy atom. The molecule has 0 spiro atoms. The second-order valence-electron chi connectivity index (χ2n) is 7.06. The molecular formula is C20H27ClFN5O5S. The van der Waals surface area contributed by atoms with Gasteiger partial charge >= 0.3 is 6.03 Å². The van der Waals surface area contributed by atoms with Crippen molar-refractivity contribution in [2.75, 3.05) is 44.7 Å². The van der Waals surface area contributed by atoms with Gasteiger partial charge in [-0.15, -0.1) is 0 Å². The van der Waals surface area contributed by atoms with Crippen molar-refractivity contribution in [3.8, 4) is 5.88 Å². The summed E-state index contributed by atoms with van der Waals surface area (Å²) in [6, 6.07) is 2.14. The van der Waals surface area contributed by atoms with Gasteiger partial charge in [0.05, 0.1) is 13.2 Å². The van der Waals surface area contributed by atoms with Gasteiger partial charge in [-0.05, 0) is 49.1 Å². The van der Waals surface area contributed by atoms with E-state index in [2.05, 4.69) is 15.0 Å². The van der Waals surface area contributed by atoms with Gasteiger partial charge in [-0.25, -0.2) is 9.18 Å². The Morgan fingerprint density at radius 2 is 1.97 bits per heavy atom. The normalized spacial score (nSPS) is 11.0. The quantitative estimate of drug-likeness (QED) is 0.261. The van der Waals surface area contributed by atoms with Crippen molar-refractivity contribution in [3.05, 3.63) is 39.7 Å². The van der Waals surface area contributed by atoms with E-state index in [1.807, 2.05) is 4.90 Å². The smallest absolute Gasteiger partial charge is 0.319 e. The fourth-order valence-electron chi connectivity index (χ4n) is 2.89. The number of hydrogen-bond donors (Lipinski definition) is 5. The van der Waals surface area contributed by atoms with E-state index in [0.717, 1.165) is 11.5 Å². The minimum atomic E-state index is -0.861. The number of hydrogen-bond acceptors (Lipinski definition) is 8. The highest BCUT2D eigenvalue weighted by atomic mass is 35.5.